The first kappa shape index (κ1) is 13.2. The molecule has 0 spiro atoms. The van der Waals surface area contributed by atoms with Gasteiger partial charge in [-0.3, -0.25) is 9.59 Å². The molecule has 1 unspecified atom stereocenters. The topological polar surface area (TPSA) is 78.6 Å². The summed E-state index contributed by atoms with van der Waals surface area (Å²) >= 11 is 0. The van der Waals surface area contributed by atoms with Gasteiger partial charge in [-0.2, -0.15) is 0 Å². The van der Waals surface area contributed by atoms with Crippen LogP contribution in [-0.4, -0.2) is 18.5 Å². The van der Waals surface area contributed by atoms with E-state index in [1.807, 2.05) is 6.07 Å². The van der Waals surface area contributed by atoms with Gasteiger partial charge in [0.2, 0.25) is 0 Å². The first-order valence-electron chi connectivity index (χ1n) is 5.31. The molecule has 5 heteroatoms. The SMILES string of the molecule is CCC(=O)OC(OC(=O)CN)c1ccccc1. The van der Waals surface area contributed by atoms with Crippen molar-refractivity contribution in [3.8, 4) is 0 Å². The summed E-state index contributed by atoms with van der Waals surface area (Å²) in [6.45, 7) is 1.40. The van der Waals surface area contributed by atoms with Crippen LogP contribution in [0.25, 0.3) is 0 Å². The zero-order chi connectivity index (χ0) is 12.7. The predicted octanol–water partition coefficient (Wildman–Crippen LogP) is 1.14. The average Bonchev–Trinajstić information content (AvgIpc) is 2.38. The van der Waals surface area contributed by atoms with Gasteiger partial charge in [0.15, 0.2) is 0 Å². The van der Waals surface area contributed by atoms with Crippen LogP contribution in [-0.2, 0) is 19.1 Å². The lowest BCUT2D eigenvalue weighted by molar-refractivity contribution is -0.188. The lowest BCUT2D eigenvalue weighted by Gasteiger charge is -2.17. The largest absolute Gasteiger partial charge is 0.421 e. The number of hydrogen-bond acceptors (Lipinski definition) is 5. The smallest absolute Gasteiger partial charge is 0.323 e. The van der Waals surface area contributed by atoms with E-state index in [0.29, 0.717) is 5.56 Å². The first-order valence-corrected chi connectivity index (χ1v) is 5.31. The van der Waals surface area contributed by atoms with Crippen molar-refractivity contribution in [1.82, 2.24) is 0 Å². The van der Waals surface area contributed by atoms with Crippen molar-refractivity contribution < 1.29 is 19.1 Å². The van der Waals surface area contributed by atoms with Crippen molar-refractivity contribution in [1.29, 1.82) is 0 Å². The summed E-state index contributed by atoms with van der Waals surface area (Å²) in [7, 11) is 0. The Labute approximate surface area is 99.5 Å². The summed E-state index contributed by atoms with van der Waals surface area (Å²) in [5, 5.41) is 0. The maximum atomic E-state index is 11.2. The van der Waals surface area contributed by atoms with E-state index in [1.165, 1.54) is 0 Å². The van der Waals surface area contributed by atoms with Crippen molar-refractivity contribution in [2.75, 3.05) is 6.54 Å². The second-order valence-electron chi connectivity index (χ2n) is 3.28. The second kappa shape index (κ2) is 6.65. The summed E-state index contributed by atoms with van der Waals surface area (Å²) in [5.74, 6) is -1.06. The molecule has 0 saturated heterocycles. The van der Waals surface area contributed by atoms with Crippen molar-refractivity contribution in [3.63, 3.8) is 0 Å². The Bertz CT molecular complexity index is 359. The van der Waals surface area contributed by atoms with Gasteiger partial charge in [-0.1, -0.05) is 37.3 Å². The fraction of sp³-hybridized carbons (Fsp3) is 0.333. The molecule has 0 radical (unpaired) electrons. The van der Waals surface area contributed by atoms with Crippen LogP contribution in [0.1, 0.15) is 25.2 Å². The van der Waals surface area contributed by atoms with Crippen LogP contribution < -0.4 is 5.73 Å². The highest BCUT2D eigenvalue weighted by Gasteiger charge is 2.19. The van der Waals surface area contributed by atoms with Crippen molar-refractivity contribution in [2.45, 2.75) is 19.6 Å². The highest BCUT2D eigenvalue weighted by Crippen LogP contribution is 2.19. The number of nitrogens with two attached hydrogens (primary N) is 1. The minimum absolute atomic E-state index is 0.212. The Hall–Kier alpha value is -1.88. The summed E-state index contributed by atoms with van der Waals surface area (Å²) in [4.78, 5) is 22.3. The molecule has 1 aromatic carbocycles. The molecule has 0 aliphatic carbocycles. The molecule has 0 aliphatic heterocycles. The number of carbonyl (C=O) groups excluding carboxylic acids is 2. The quantitative estimate of drug-likeness (QED) is 0.613. The van der Waals surface area contributed by atoms with Crippen LogP contribution in [0.3, 0.4) is 0 Å². The minimum atomic E-state index is -1.03. The molecule has 5 nitrogen and oxygen atoms in total. The van der Waals surface area contributed by atoms with E-state index in [-0.39, 0.29) is 13.0 Å². The number of esters is 2. The maximum Gasteiger partial charge on any atom is 0.323 e. The summed E-state index contributed by atoms with van der Waals surface area (Å²) in [6.07, 6.45) is -0.816. The monoisotopic (exact) mass is 237 g/mol. The van der Waals surface area contributed by atoms with Crippen LogP contribution in [0.5, 0.6) is 0 Å². The third-order valence-corrected chi connectivity index (χ3v) is 2.00. The Morgan fingerprint density at radius 3 is 2.29 bits per heavy atom. The molecule has 1 aromatic rings. The molecule has 0 amide bonds. The number of hydrogen-bond donors (Lipinski definition) is 1. The van der Waals surface area contributed by atoms with Gasteiger partial charge in [-0.05, 0) is 0 Å². The number of carbonyl (C=O) groups is 2. The third kappa shape index (κ3) is 4.24. The van der Waals surface area contributed by atoms with Crippen LogP contribution >= 0.6 is 0 Å². The minimum Gasteiger partial charge on any atom is -0.421 e. The zero-order valence-corrected chi connectivity index (χ0v) is 9.59. The van der Waals surface area contributed by atoms with Crippen LogP contribution in [0.15, 0.2) is 30.3 Å². The van der Waals surface area contributed by atoms with Gasteiger partial charge in [0.25, 0.3) is 6.29 Å². The Morgan fingerprint density at radius 2 is 1.76 bits per heavy atom. The average molecular weight is 237 g/mol. The molecule has 0 saturated carbocycles. The van der Waals surface area contributed by atoms with Crippen molar-refractivity contribution in [2.24, 2.45) is 5.73 Å². The van der Waals surface area contributed by atoms with Crippen LogP contribution in [0, 0.1) is 0 Å². The van der Waals surface area contributed by atoms with Gasteiger partial charge < -0.3 is 15.2 Å². The lowest BCUT2D eigenvalue weighted by atomic mass is 10.2. The predicted molar refractivity (Wildman–Crippen MR) is 60.7 cm³/mol. The summed E-state index contributed by atoms with van der Waals surface area (Å²) < 4.78 is 9.97. The van der Waals surface area contributed by atoms with E-state index < -0.39 is 18.2 Å². The normalized spacial score (nSPS) is 11.6. The van der Waals surface area contributed by atoms with E-state index in [2.05, 4.69) is 0 Å². The third-order valence-electron chi connectivity index (χ3n) is 2.00. The van der Waals surface area contributed by atoms with Gasteiger partial charge in [0.05, 0.1) is 6.54 Å². The highest BCUT2D eigenvalue weighted by molar-refractivity contribution is 5.72. The molecule has 1 rings (SSSR count). The molecule has 0 aromatic heterocycles. The number of ether oxygens (including phenoxy) is 2. The van der Waals surface area contributed by atoms with Crippen molar-refractivity contribution >= 4 is 11.9 Å². The van der Waals surface area contributed by atoms with Gasteiger partial charge >= 0.3 is 11.9 Å². The van der Waals surface area contributed by atoms with Crippen LogP contribution in [0.2, 0.25) is 0 Å². The molecule has 1 atom stereocenters. The molecule has 2 N–H and O–H groups in total. The molecule has 0 bridgehead atoms. The van der Waals surface area contributed by atoms with E-state index in [9.17, 15) is 9.59 Å². The Morgan fingerprint density at radius 1 is 1.18 bits per heavy atom. The fourth-order valence-corrected chi connectivity index (χ4v) is 1.14. The molecular weight excluding hydrogens is 222 g/mol. The zero-order valence-electron chi connectivity index (χ0n) is 9.59. The Kier molecular flexibility index (Phi) is 5.16. The van der Waals surface area contributed by atoms with E-state index >= 15 is 0 Å². The van der Waals surface area contributed by atoms with Gasteiger partial charge in [0.1, 0.15) is 0 Å². The number of rotatable bonds is 5. The maximum absolute atomic E-state index is 11.2. The standard InChI is InChI=1S/C12H15NO4/c1-2-10(14)16-12(17-11(15)8-13)9-6-4-3-5-7-9/h3-7,12H,2,8,13H2,1H3. The second-order valence-corrected chi connectivity index (χ2v) is 3.28. The van der Waals surface area contributed by atoms with Gasteiger partial charge in [0, 0.05) is 12.0 Å². The summed E-state index contributed by atoms with van der Waals surface area (Å²) in [5.41, 5.74) is 5.74. The van der Waals surface area contributed by atoms with Crippen LogP contribution in [0.4, 0.5) is 0 Å². The molecule has 0 heterocycles. The van der Waals surface area contributed by atoms with E-state index in [4.69, 9.17) is 15.2 Å². The fourth-order valence-electron chi connectivity index (χ4n) is 1.14. The highest BCUT2D eigenvalue weighted by atomic mass is 16.7. The molecule has 17 heavy (non-hydrogen) atoms. The molecule has 0 fully saturated rings. The lowest BCUT2D eigenvalue weighted by Crippen LogP contribution is -2.22. The molecule has 0 aliphatic rings. The van der Waals surface area contributed by atoms with Gasteiger partial charge in [-0.25, -0.2) is 0 Å². The van der Waals surface area contributed by atoms with E-state index in [1.54, 1.807) is 31.2 Å². The molecular formula is C12H15NO4. The number of benzene rings is 1. The van der Waals surface area contributed by atoms with Gasteiger partial charge in [-0.15, -0.1) is 0 Å². The summed E-state index contributed by atoms with van der Waals surface area (Å²) in [6, 6.07) is 8.75. The Balaban J connectivity index is 2.79. The first-order chi connectivity index (χ1) is 8.17. The van der Waals surface area contributed by atoms with Crippen molar-refractivity contribution in [3.05, 3.63) is 35.9 Å². The van der Waals surface area contributed by atoms with E-state index in [0.717, 1.165) is 0 Å². The molecule has 92 valence electrons.